The Morgan fingerprint density at radius 3 is 1.52 bits per heavy atom. The molecular formula is C33H45ClO6S4. The molecule has 0 saturated carbocycles. The van der Waals surface area contributed by atoms with Gasteiger partial charge in [0, 0.05) is 27.0 Å². The van der Waals surface area contributed by atoms with Gasteiger partial charge in [-0.25, -0.2) is 8.42 Å². The lowest BCUT2D eigenvalue weighted by molar-refractivity contribution is 0.222. The summed E-state index contributed by atoms with van der Waals surface area (Å²) in [7, 11) is -2.12. The van der Waals surface area contributed by atoms with Crippen LogP contribution in [0.15, 0.2) is 93.3 Å². The molecule has 2 aromatic carbocycles. The van der Waals surface area contributed by atoms with E-state index < -0.39 is 19.2 Å². The second-order valence-corrected chi connectivity index (χ2v) is 16.3. The first kappa shape index (κ1) is 40.0. The molecule has 2 heterocycles. The molecule has 0 bridgehead atoms. The molecule has 0 amide bonds. The normalized spacial score (nSPS) is 12.5. The van der Waals surface area contributed by atoms with E-state index in [9.17, 15) is 16.8 Å². The second-order valence-electron chi connectivity index (χ2n) is 10.1. The number of benzene rings is 2. The molecule has 0 saturated heterocycles. The molecule has 0 aliphatic heterocycles. The van der Waals surface area contributed by atoms with Crippen LogP contribution in [0.2, 0.25) is 0 Å². The fourth-order valence-electron chi connectivity index (χ4n) is 3.75. The van der Waals surface area contributed by atoms with E-state index in [2.05, 4.69) is 37.4 Å². The first-order chi connectivity index (χ1) is 20.4. The molecule has 244 valence electrons. The summed E-state index contributed by atoms with van der Waals surface area (Å²) in [5.41, 5.74) is 2.03. The first-order valence-electron chi connectivity index (χ1n) is 14.0. The van der Waals surface area contributed by atoms with Crippen molar-refractivity contribution in [1.82, 2.24) is 0 Å². The minimum atomic E-state index is -3.66. The van der Waals surface area contributed by atoms with Crippen LogP contribution in [0, 0.1) is 25.7 Å². The average molecular weight is 701 g/mol. The summed E-state index contributed by atoms with van der Waals surface area (Å²) in [6.07, 6.45) is 3.85. The molecule has 2 atom stereocenters. The maximum Gasteiger partial charge on any atom is 0.296 e. The van der Waals surface area contributed by atoms with Crippen molar-refractivity contribution in [3.05, 3.63) is 104 Å². The van der Waals surface area contributed by atoms with Crippen molar-refractivity contribution in [2.75, 3.05) is 13.2 Å². The van der Waals surface area contributed by atoms with Crippen LogP contribution in [-0.2, 0) is 36.2 Å². The van der Waals surface area contributed by atoms with Gasteiger partial charge in [0.25, 0.3) is 19.2 Å². The van der Waals surface area contributed by atoms with Gasteiger partial charge >= 0.3 is 0 Å². The molecule has 1 N–H and O–H groups in total. The van der Waals surface area contributed by atoms with E-state index >= 15 is 0 Å². The highest BCUT2D eigenvalue weighted by Crippen LogP contribution is 2.20. The lowest BCUT2D eigenvalue weighted by atomic mass is 10.0. The zero-order valence-corrected chi connectivity index (χ0v) is 29.0. The van der Waals surface area contributed by atoms with Crippen LogP contribution < -0.4 is 0 Å². The monoisotopic (exact) mass is 700 g/mol. The molecule has 6 nitrogen and oxygen atoms in total. The number of thiophene rings is 2. The smallest absolute Gasteiger partial charge is 0.296 e. The number of aliphatic hydroxyl groups excluding tert-OH is 1. The third-order valence-corrected chi connectivity index (χ3v) is 11.1. The highest BCUT2D eigenvalue weighted by Gasteiger charge is 2.18. The summed E-state index contributed by atoms with van der Waals surface area (Å²) in [5, 5.41) is 13.0. The highest BCUT2D eigenvalue weighted by molar-refractivity contribution is 8.13. The van der Waals surface area contributed by atoms with Gasteiger partial charge in [-0.1, -0.05) is 81.6 Å². The Morgan fingerprint density at radius 2 is 1.16 bits per heavy atom. The Kier molecular flexibility index (Phi) is 18.3. The quantitative estimate of drug-likeness (QED) is 0.117. The maximum atomic E-state index is 12.1. The fraction of sp³-hybridized carbons (Fsp3) is 0.394. The summed E-state index contributed by atoms with van der Waals surface area (Å²) < 4.78 is 50.9. The maximum absolute atomic E-state index is 12.1. The molecule has 0 aliphatic rings. The van der Waals surface area contributed by atoms with Crippen molar-refractivity contribution in [3.63, 3.8) is 0 Å². The number of halogens is 1. The van der Waals surface area contributed by atoms with Gasteiger partial charge in [0.05, 0.1) is 16.4 Å². The van der Waals surface area contributed by atoms with Crippen molar-refractivity contribution in [2.24, 2.45) is 11.8 Å². The summed E-state index contributed by atoms with van der Waals surface area (Å²) in [6, 6.07) is 21.4. The van der Waals surface area contributed by atoms with Crippen LogP contribution in [0.1, 0.15) is 55.0 Å². The standard InChI is InChI=1S/C16H20O3S2.C9H14OS.C7H7ClO2S.CH4/c1-3-14(11-15-5-4-10-20-15)12-19-21(17,18)16-8-6-13(2)7-9-16;1-2-8(7-10)6-9-4-3-5-11-9;1-6-2-4-7(5-3-6)11(8,9)10;/h4-10,14H,3,11-12H2,1-2H3;3-5,8,10H,2,6-7H2,1H3;2-5H,1H3;1H4. The molecule has 4 rings (SSSR count). The van der Waals surface area contributed by atoms with Crippen LogP contribution in [0.4, 0.5) is 0 Å². The SMILES string of the molecule is C.CCC(CO)Cc1cccs1.CCC(COS(=O)(=O)c1ccc(C)cc1)Cc1cccs1.Cc1ccc(S(=O)(=O)Cl)cc1. The number of aryl methyl sites for hydroxylation is 2. The number of hydrogen-bond donors (Lipinski definition) is 1. The van der Waals surface area contributed by atoms with Crippen LogP contribution in [-0.4, -0.2) is 35.2 Å². The number of aliphatic hydroxyl groups is 1. The van der Waals surface area contributed by atoms with E-state index in [0.717, 1.165) is 36.8 Å². The molecule has 0 aliphatic carbocycles. The van der Waals surface area contributed by atoms with Crippen LogP contribution >= 0.6 is 33.4 Å². The van der Waals surface area contributed by atoms with Crippen LogP contribution in [0.5, 0.6) is 0 Å². The van der Waals surface area contributed by atoms with E-state index in [1.807, 2.05) is 25.3 Å². The van der Waals surface area contributed by atoms with Crippen LogP contribution in [0.3, 0.4) is 0 Å². The molecule has 2 unspecified atom stereocenters. The Balaban J connectivity index is 0.000000357. The van der Waals surface area contributed by atoms with Gasteiger partial charge in [0.2, 0.25) is 0 Å². The van der Waals surface area contributed by atoms with E-state index in [-0.39, 0.29) is 29.7 Å². The van der Waals surface area contributed by atoms with E-state index in [4.69, 9.17) is 20.0 Å². The minimum Gasteiger partial charge on any atom is -0.396 e. The van der Waals surface area contributed by atoms with Crippen molar-refractivity contribution in [1.29, 1.82) is 0 Å². The van der Waals surface area contributed by atoms with E-state index in [0.29, 0.717) is 12.5 Å². The predicted octanol–water partition coefficient (Wildman–Crippen LogP) is 8.90. The van der Waals surface area contributed by atoms with Gasteiger partial charge in [0.1, 0.15) is 0 Å². The zero-order chi connectivity index (χ0) is 31.9. The summed E-state index contributed by atoms with van der Waals surface area (Å²) in [5.74, 6) is 0.664. The van der Waals surface area contributed by atoms with Crippen molar-refractivity contribution >= 4 is 52.5 Å². The molecule has 4 aromatic rings. The molecule has 0 spiro atoms. The van der Waals surface area contributed by atoms with Gasteiger partial charge in [0.15, 0.2) is 0 Å². The van der Waals surface area contributed by atoms with Gasteiger partial charge in [-0.3, -0.25) is 4.18 Å². The summed E-state index contributed by atoms with van der Waals surface area (Å²) in [4.78, 5) is 3.01. The molecule has 0 fully saturated rings. The third kappa shape index (κ3) is 14.8. The Labute approximate surface area is 277 Å². The average Bonchev–Trinajstić information content (AvgIpc) is 3.69. The van der Waals surface area contributed by atoms with Gasteiger partial charge in [-0.15, -0.1) is 22.7 Å². The van der Waals surface area contributed by atoms with Gasteiger partial charge < -0.3 is 5.11 Å². The van der Waals surface area contributed by atoms with Gasteiger partial charge in [-0.05, 0) is 85.7 Å². The minimum absolute atomic E-state index is 0. The van der Waals surface area contributed by atoms with Crippen molar-refractivity contribution < 1.29 is 26.1 Å². The zero-order valence-electron chi connectivity index (χ0n) is 25.0. The predicted molar refractivity (Wildman–Crippen MR) is 186 cm³/mol. The third-order valence-electron chi connectivity index (χ3n) is 6.62. The molecule has 11 heteroatoms. The Morgan fingerprint density at radius 1 is 0.727 bits per heavy atom. The summed E-state index contributed by atoms with van der Waals surface area (Å²) >= 11 is 3.46. The van der Waals surface area contributed by atoms with Crippen LogP contribution in [0.25, 0.3) is 0 Å². The van der Waals surface area contributed by atoms with E-state index in [1.54, 1.807) is 59.1 Å². The van der Waals surface area contributed by atoms with Crippen molar-refractivity contribution in [3.8, 4) is 0 Å². The molecule has 44 heavy (non-hydrogen) atoms. The Bertz CT molecular complexity index is 1510. The lowest BCUT2D eigenvalue weighted by Gasteiger charge is -2.14. The molecule has 0 radical (unpaired) electrons. The lowest BCUT2D eigenvalue weighted by Crippen LogP contribution is -2.16. The first-order valence-corrected chi connectivity index (χ1v) is 19.5. The van der Waals surface area contributed by atoms with E-state index in [1.165, 1.54) is 21.9 Å². The molecule has 2 aromatic heterocycles. The number of hydrogen-bond acceptors (Lipinski definition) is 8. The fourth-order valence-corrected chi connectivity index (χ4v) is 7.13. The largest absolute Gasteiger partial charge is 0.396 e. The summed E-state index contributed by atoms with van der Waals surface area (Å²) in [6.45, 7) is 8.52. The topological polar surface area (TPSA) is 97.7 Å². The molecular weight excluding hydrogens is 656 g/mol. The number of rotatable bonds is 12. The second kappa shape index (κ2) is 20.2. The Hall–Kier alpha value is -2.05. The highest BCUT2D eigenvalue weighted by atomic mass is 35.7. The van der Waals surface area contributed by atoms with Gasteiger partial charge in [-0.2, -0.15) is 8.42 Å². The van der Waals surface area contributed by atoms with Crippen molar-refractivity contribution in [2.45, 2.75) is 70.6 Å².